The number of allylic oxidation sites excluding steroid dienone is 1. The predicted octanol–water partition coefficient (Wildman–Crippen LogP) is 4.14. The van der Waals surface area contributed by atoms with Gasteiger partial charge in [0.05, 0.1) is 0 Å². The highest BCUT2D eigenvalue weighted by Gasteiger charge is 2.09. The molecule has 0 bridgehead atoms. The number of benzene rings is 2. The summed E-state index contributed by atoms with van der Waals surface area (Å²) in [5.41, 5.74) is 3.39. The van der Waals surface area contributed by atoms with Crippen LogP contribution in [0.5, 0.6) is 11.5 Å². The van der Waals surface area contributed by atoms with Crippen LogP contribution in [0.25, 0.3) is 0 Å². The summed E-state index contributed by atoms with van der Waals surface area (Å²) in [4.78, 5) is 12.6. The lowest BCUT2D eigenvalue weighted by atomic mass is 10.1. The molecule has 6 nitrogen and oxygen atoms in total. The quantitative estimate of drug-likeness (QED) is 0.574. The highest BCUT2D eigenvalue weighted by molar-refractivity contribution is 6.30. The molecule has 1 atom stereocenters. The summed E-state index contributed by atoms with van der Waals surface area (Å²) in [6, 6.07) is 15.4. The Labute approximate surface area is 180 Å². The summed E-state index contributed by atoms with van der Waals surface area (Å²) in [6.07, 6.45) is 10.6. The number of hydrogen-bond acceptors (Lipinski definition) is 6. The minimum absolute atomic E-state index is 0.117. The van der Waals surface area contributed by atoms with Gasteiger partial charge in [0.25, 0.3) is 0 Å². The Morgan fingerprint density at radius 2 is 1.63 bits per heavy atom. The molecule has 3 aromatic rings. The third-order valence-electron chi connectivity index (χ3n) is 4.56. The second-order valence-corrected chi connectivity index (χ2v) is 7.33. The summed E-state index contributed by atoms with van der Waals surface area (Å²) in [6.45, 7) is 0.808. The van der Waals surface area contributed by atoms with Crippen LogP contribution < -0.4 is 15.4 Å². The van der Waals surface area contributed by atoms with Crippen LogP contribution in [-0.2, 0) is 12.8 Å². The van der Waals surface area contributed by atoms with Gasteiger partial charge in [-0.3, -0.25) is 10.3 Å². The second kappa shape index (κ2) is 10.0. The van der Waals surface area contributed by atoms with Gasteiger partial charge in [0.1, 0.15) is 17.8 Å². The largest absolute Gasteiger partial charge is 0.457 e. The molecule has 30 heavy (non-hydrogen) atoms. The van der Waals surface area contributed by atoms with Crippen molar-refractivity contribution in [2.75, 3.05) is 6.54 Å². The summed E-state index contributed by atoms with van der Waals surface area (Å²) in [5.74, 6) is 1.57. The molecule has 152 valence electrons. The molecule has 2 heterocycles. The Morgan fingerprint density at radius 1 is 0.933 bits per heavy atom. The molecule has 4 rings (SSSR count). The third-order valence-corrected chi connectivity index (χ3v) is 4.81. The molecule has 7 heteroatoms. The van der Waals surface area contributed by atoms with Gasteiger partial charge in [-0.2, -0.15) is 0 Å². The first-order valence-corrected chi connectivity index (χ1v) is 10.1. The minimum atomic E-state index is -0.117. The molecule has 2 N–H and O–H groups in total. The maximum Gasteiger partial charge on any atom is 0.173 e. The molecular formula is C23H22ClN5O. The van der Waals surface area contributed by atoms with Crippen LogP contribution in [0.15, 0.2) is 84.0 Å². The molecule has 1 aromatic heterocycles. The van der Waals surface area contributed by atoms with E-state index in [0.717, 1.165) is 42.0 Å². The highest BCUT2D eigenvalue weighted by atomic mass is 35.5. The summed E-state index contributed by atoms with van der Waals surface area (Å²) in [5, 5.41) is 7.36. The van der Waals surface area contributed by atoms with Gasteiger partial charge < -0.3 is 10.1 Å². The first-order valence-electron chi connectivity index (χ1n) is 9.72. The maximum absolute atomic E-state index is 5.90. The van der Waals surface area contributed by atoms with E-state index in [4.69, 9.17) is 16.3 Å². The molecule has 1 aliphatic heterocycles. The minimum Gasteiger partial charge on any atom is -0.457 e. The van der Waals surface area contributed by atoms with Crippen LogP contribution >= 0.6 is 11.6 Å². The number of rotatable bonds is 8. The zero-order valence-corrected chi connectivity index (χ0v) is 17.1. The van der Waals surface area contributed by atoms with E-state index in [1.807, 2.05) is 61.2 Å². The Hall–Kier alpha value is -3.22. The summed E-state index contributed by atoms with van der Waals surface area (Å²) >= 11 is 5.90. The van der Waals surface area contributed by atoms with E-state index < -0.39 is 0 Å². The topological polar surface area (TPSA) is 71.4 Å². The fourth-order valence-electron chi connectivity index (χ4n) is 3.02. The van der Waals surface area contributed by atoms with Crippen LogP contribution in [0, 0.1) is 0 Å². The number of hydrogen-bond donors (Lipinski definition) is 2. The van der Waals surface area contributed by atoms with Crippen molar-refractivity contribution in [3.8, 4) is 11.5 Å². The van der Waals surface area contributed by atoms with E-state index in [1.54, 1.807) is 0 Å². The van der Waals surface area contributed by atoms with Crippen molar-refractivity contribution >= 4 is 17.8 Å². The van der Waals surface area contributed by atoms with E-state index >= 15 is 0 Å². The lowest BCUT2D eigenvalue weighted by molar-refractivity contribution is 0.480. The van der Waals surface area contributed by atoms with Crippen LogP contribution in [0.1, 0.15) is 11.1 Å². The third kappa shape index (κ3) is 5.89. The number of ether oxygens (including phenoxy) is 1. The summed E-state index contributed by atoms with van der Waals surface area (Å²) < 4.78 is 5.82. The van der Waals surface area contributed by atoms with Crippen molar-refractivity contribution in [1.29, 1.82) is 0 Å². The predicted molar refractivity (Wildman–Crippen MR) is 119 cm³/mol. The number of nitrogens with one attached hydrogen (secondary N) is 2. The average Bonchev–Trinajstić information content (AvgIpc) is 2.78. The van der Waals surface area contributed by atoms with Crippen molar-refractivity contribution in [2.24, 2.45) is 4.99 Å². The highest BCUT2D eigenvalue weighted by Crippen LogP contribution is 2.23. The van der Waals surface area contributed by atoms with Crippen molar-refractivity contribution in [1.82, 2.24) is 20.6 Å². The molecule has 0 amide bonds. The second-order valence-electron chi connectivity index (χ2n) is 6.89. The zero-order valence-electron chi connectivity index (χ0n) is 16.3. The average molecular weight is 420 g/mol. The normalized spacial score (nSPS) is 15.4. The van der Waals surface area contributed by atoms with Gasteiger partial charge >= 0.3 is 0 Å². The number of nitrogens with zero attached hydrogens (tertiary/aromatic N) is 3. The smallest absolute Gasteiger partial charge is 0.173 e. The first kappa shape index (κ1) is 20.1. The van der Waals surface area contributed by atoms with Gasteiger partial charge in [0, 0.05) is 42.8 Å². The van der Waals surface area contributed by atoms with E-state index in [9.17, 15) is 0 Å². The molecule has 1 unspecified atom stereocenters. The van der Waals surface area contributed by atoms with Crippen LogP contribution in [0.2, 0.25) is 5.02 Å². The molecule has 0 fully saturated rings. The van der Waals surface area contributed by atoms with E-state index in [-0.39, 0.29) is 6.29 Å². The van der Waals surface area contributed by atoms with Crippen LogP contribution in [0.3, 0.4) is 0 Å². The van der Waals surface area contributed by atoms with Gasteiger partial charge in [0.15, 0.2) is 6.29 Å². The maximum atomic E-state index is 5.90. The molecule has 0 spiro atoms. The van der Waals surface area contributed by atoms with Crippen molar-refractivity contribution in [2.45, 2.75) is 19.1 Å². The van der Waals surface area contributed by atoms with Gasteiger partial charge in [-0.05, 0) is 59.5 Å². The number of aliphatic imine (C=N–C) groups is 1. The van der Waals surface area contributed by atoms with Crippen LogP contribution in [-0.4, -0.2) is 29.0 Å². The molecular weight excluding hydrogens is 398 g/mol. The van der Waals surface area contributed by atoms with E-state index in [0.29, 0.717) is 5.02 Å². The fourth-order valence-corrected chi connectivity index (χ4v) is 3.14. The Morgan fingerprint density at radius 3 is 2.30 bits per heavy atom. The van der Waals surface area contributed by atoms with E-state index in [2.05, 4.69) is 37.7 Å². The number of aromatic nitrogens is 2. The van der Waals surface area contributed by atoms with Crippen molar-refractivity contribution < 1.29 is 4.74 Å². The molecule has 0 saturated heterocycles. The Balaban J connectivity index is 1.19. The fraction of sp³-hybridized carbons (Fsp3) is 0.174. The number of halogens is 1. The molecule has 1 aliphatic rings. The lowest BCUT2D eigenvalue weighted by Crippen LogP contribution is -2.41. The molecule has 0 aliphatic carbocycles. The lowest BCUT2D eigenvalue weighted by Gasteiger charge is -2.19. The zero-order chi connectivity index (χ0) is 20.6. The standard InChI is InChI=1S/C23H22ClN5O/c24-20-3-7-22(8-4-20)30-21-5-1-17(2-6-21)9-10-27-23-28-14-19(15-29-23)11-18-12-25-16-26-13-18/h1-8,12-16,23,27-28H,9-11H2. The van der Waals surface area contributed by atoms with E-state index in [1.165, 1.54) is 11.9 Å². The van der Waals surface area contributed by atoms with Crippen molar-refractivity contribution in [3.63, 3.8) is 0 Å². The Kier molecular flexibility index (Phi) is 6.69. The molecule has 0 saturated carbocycles. The van der Waals surface area contributed by atoms with Crippen molar-refractivity contribution in [3.05, 3.63) is 95.2 Å². The first-order chi connectivity index (χ1) is 14.7. The van der Waals surface area contributed by atoms with Gasteiger partial charge in [-0.25, -0.2) is 9.97 Å². The molecule has 2 aromatic carbocycles. The van der Waals surface area contributed by atoms with Gasteiger partial charge in [-0.15, -0.1) is 0 Å². The van der Waals surface area contributed by atoms with Gasteiger partial charge in [-0.1, -0.05) is 23.7 Å². The SMILES string of the molecule is Clc1ccc(Oc2ccc(CCNC3N=CC(Cc4cncnc4)=CN3)cc2)cc1. The van der Waals surface area contributed by atoms with Crippen LogP contribution in [0.4, 0.5) is 0 Å². The Bertz CT molecular complexity index is 1000. The summed E-state index contributed by atoms with van der Waals surface area (Å²) in [7, 11) is 0. The monoisotopic (exact) mass is 419 g/mol. The molecule has 0 radical (unpaired) electrons. The van der Waals surface area contributed by atoms with Gasteiger partial charge in [0.2, 0.25) is 0 Å².